The van der Waals surface area contributed by atoms with Gasteiger partial charge in [-0.15, -0.1) is 0 Å². The smallest absolute Gasteiger partial charge is 0.260 e. The van der Waals surface area contributed by atoms with Crippen LogP contribution in [-0.2, 0) is 9.59 Å². The molecule has 0 aliphatic carbocycles. The van der Waals surface area contributed by atoms with Crippen molar-refractivity contribution in [3.63, 3.8) is 0 Å². The summed E-state index contributed by atoms with van der Waals surface area (Å²) in [5.41, 5.74) is 0. The minimum absolute atomic E-state index is 0.0655. The number of hydrogen-bond donors (Lipinski definition) is 0. The fraction of sp³-hybridized carbons (Fsp3) is 0.579. The van der Waals surface area contributed by atoms with Gasteiger partial charge in [0.05, 0.1) is 6.54 Å². The number of rotatable bonds is 7. The zero-order chi connectivity index (χ0) is 18.9. The summed E-state index contributed by atoms with van der Waals surface area (Å²) in [7, 11) is 0. The van der Waals surface area contributed by atoms with Gasteiger partial charge in [0, 0.05) is 39.3 Å². The number of carbonyl (C=O) groups is 2. The highest BCUT2D eigenvalue weighted by Gasteiger charge is 2.22. The van der Waals surface area contributed by atoms with Crippen LogP contribution in [0.5, 0.6) is 5.75 Å². The molecule has 6 nitrogen and oxygen atoms in total. The Morgan fingerprint density at radius 1 is 1.08 bits per heavy atom. The van der Waals surface area contributed by atoms with Crippen molar-refractivity contribution in [2.24, 2.45) is 0 Å². The van der Waals surface area contributed by atoms with E-state index in [4.69, 9.17) is 4.74 Å². The molecule has 1 heterocycles. The molecule has 1 saturated heterocycles. The molecular weight excluding hydrogens is 337 g/mol. The Bertz CT molecular complexity index is 590. The Morgan fingerprint density at radius 2 is 1.77 bits per heavy atom. The molecule has 0 N–H and O–H groups in total. The van der Waals surface area contributed by atoms with Crippen LogP contribution in [-0.4, -0.2) is 78.9 Å². The van der Waals surface area contributed by atoms with Crippen molar-refractivity contribution >= 4 is 11.8 Å². The van der Waals surface area contributed by atoms with E-state index in [-0.39, 0.29) is 24.2 Å². The fourth-order valence-corrected chi connectivity index (χ4v) is 3.01. The molecule has 1 aromatic carbocycles. The van der Waals surface area contributed by atoms with Crippen molar-refractivity contribution in [3.8, 4) is 5.75 Å². The van der Waals surface area contributed by atoms with Crippen LogP contribution in [0.25, 0.3) is 0 Å². The SMILES string of the molecule is CCN(CC)C(=O)CN1CCCN(C(=O)COc2ccc(F)cc2)CC1. The molecule has 2 rings (SSSR count). The van der Waals surface area contributed by atoms with Gasteiger partial charge in [0.15, 0.2) is 6.61 Å². The molecule has 0 aromatic heterocycles. The Labute approximate surface area is 154 Å². The molecule has 7 heteroatoms. The molecular formula is C19H28FN3O3. The summed E-state index contributed by atoms with van der Waals surface area (Å²) in [6.07, 6.45) is 0.827. The lowest BCUT2D eigenvalue weighted by Gasteiger charge is -2.25. The number of ether oxygens (including phenoxy) is 1. The maximum atomic E-state index is 12.9. The van der Waals surface area contributed by atoms with Crippen LogP contribution in [0.1, 0.15) is 20.3 Å². The van der Waals surface area contributed by atoms with Crippen molar-refractivity contribution in [2.75, 3.05) is 52.4 Å². The molecule has 1 aliphatic rings. The lowest BCUT2D eigenvalue weighted by molar-refractivity contribution is -0.133. The van der Waals surface area contributed by atoms with Crippen LogP contribution >= 0.6 is 0 Å². The molecule has 0 bridgehead atoms. The lowest BCUT2D eigenvalue weighted by Crippen LogP contribution is -2.42. The molecule has 0 spiro atoms. The van der Waals surface area contributed by atoms with Crippen LogP contribution < -0.4 is 4.74 Å². The van der Waals surface area contributed by atoms with Gasteiger partial charge in [-0.2, -0.15) is 0 Å². The van der Waals surface area contributed by atoms with Crippen LogP contribution in [0.3, 0.4) is 0 Å². The first kappa shape index (κ1) is 20.2. The van der Waals surface area contributed by atoms with E-state index in [1.807, 2.05) is 18.7 Å². The number of benzene rings is 1. The third-order valence-electron chi connectivity index (χ3n) is 4.59. The van der Waals surface area contributed by atoms with Crippen LogP contribution in [0.2, 0.25) is 0 Å². The van der Waals surface area contributed by atoms with E-state index in [0.29, 0.717) is 45.0 Å². The van der Waals surface area contributed by atoms with Gasteiger partial charge >= 0.3 is 0 Å². The average Bonchev–Trinajstić information content (AvgIpc) is 2.87. The number of carbonyl (C=O) groups excluding carboxylic acids is 2. The second kappa shape index (κ2) is 10.1. The first-order valence-electron chi connectivity index (χ1n) is 9.19. The summed E-state index contributed by atoms with van der Waals surface area (Å²) in [5.74, 6) is 0.178. The second-order valence-electron chi connectivity index (χ2n) is 6.32. The predicted octanol–water partition coefficient (Wildman–Crippen LogP) is 1.61. The number of hydrogen-bond acceptors (Lipinski definition) is 4. The number of likely N-dealkylation sites (N-methyl/N-ethyl adjacent to an activating group) is 1. The van der Waals surface area contributed by atoms with Crippen molar-refractivity contribution in [2.45, 2.75) is 20.3 Å². The Kier molecular flexibility index (Phi) is 7.84. The van der Waals surface area contributed by atoms with E-state index in [2.05, 4.69) is 4.90 Å². The summed E-state index contributed by atoms with van der Waals surface area (Å²) >= 11 is 0. The minimum Gasteiger partial charge on any atom is -0.484 e. The highest BCUT2D eigenvalue weighted by molar-refractivity contribution is 5.78. The van der Waals surface area contributed by atoms with Gasteiger partial charge in [0.1, 0.15) is 11.6 Å². The molecule has 1 aliphatic heterocycles. The van der Waals surface area contributed by atoms with Crippen molar-refractivity contribution in [1.29, 1.82) is 0 Å². The third kappa shape index (κ3) is 5.98. The van der Waals surface area contributed by atoms with Crippen LogP contribution in [0.15, 0.2) is 24.3 Å². The predicted molar refractivity (Wildman–Crippen MR) is 97.5 cm³/mol. The highest BCUT2D eigenvalue weighted by atomic mass is 19.1. The Hall–Kier alpha value is -2.15. The average molecular weight is 365 g/mol. The van der Waals surface area contributed by atoms with Crippen molar-refractivity contribution in [1.82, 2.24) is 14.7 Å². The summed E-state index contributed by atoms with van der Waals surface area (Å²) in [4.78, 5) is 30.3. The first-order chi connectivity index (χ1) is 12.5. The fourth-order valence-electron chi connectivity index (χ4n) is 3.01. The van der Waals surface area contributed by atoms with E-state index in [1.165, 1.54) is 24.3 Å². The topological polar surface area (TPSA) is 53.1 Å². The van der Waals surface area contributed by atoms with Gasteiger partial charge in [-0.3, -0.25) is 14.5 Å². The highest BCUT2D eigenvalue weighted by Crippen LogP contribution is 2.11. The minimum atomic E-state index is -0.337. The van der Waals surface area contributed by atoms with Gasteiger partial charge in [-0.05, 0) is 44.5 Å². The molecule has 26 heavy (non-hydrogen) atoms. The van der Waals surface area contributed by atoms with Gasteiger partial charge in [0.2, 0.25) is 5.91 Å². The van der Waals surface area contributed by atoms with E-state index in [0.717, 1.165) is 13.0 Å². The van der Waals surface area contributed by atoms with Gasteiger partial charge in [-0.25, -0.2) is 4.39 Å². The van der Waals surface area contributed by atoms with E-state index >= 15 is 0 Å². The zero-order valence-corrected chi connectivity index (χ0v) is 15.6. The largest absolute Gasteiger partial charge is 0.484 e. The molecule has 0 atom stereocenters. The molecule has 0 radical (unpaired) electrons. The molecule has 1 fully saturated rings. The summed E-state index contributed by atoms with van der Waals surface area (Å²) < 4.78 is 18.3. The maximum Gasteiger partial charge on any atom is 0.260 e. The molecule has 1 aromatic rings. The van der Waals surface area contributed by atoms with Crippen molar-refractivity contribution < 1.29 is 18.7 Å². The van der Waals surface area contributed by atoms with E-state index in [1.54, 1.807) is 4.90 Å². The molecule has 144 valence electrons. The summed E-state index contributed by atoms with van der Waals surface area (Å²) in [6.45, 7) is 8.43. The normalized spacial score (nSPS) is 15.4. The Morgan fingerprint density at radius 3 is 2.42 bits per heavy atom. The number of amides is 2. The first-order valence-corrected chi connectivity index (χ1v) is 9.19. The van der Waals surface area contributed by atoms with Crippen LogP contribution in [0.4, 0.5) is 4.39 Å². The standard InChI is InChI=1S/C19H28FN3O3/c1-3-22(4-2)18(24)14-21-10-5-11-23(13-12-21)19(25)15-26-17-8-6-16(20)7-9-17/h6-9H,3-5,10-15H2,1-2H3. The van der Waals surface area contributed by atoms with Crippen LogP contribution in [0, 0.1) is 5.82 Å². The van der Waals surface area contributed by atoms with E-state index in [9.17, 15) is 14.0 Å². The van der Waals surface area contributed by atoms with Crippen molar-refractivity contribution in [3.05, 3.63) is 30.1 Å². The summed E-state index contributed by atoms with van der Waals surface area (Å²) in [5, 5.41) is 0. The zero-order valence-electron chi connectivity index (χ0n) is 15.6. The quantitative estimate of drug-likeness (QED) is 0.737. The lowest BCUT2D eigenvalue weighted by atomic mass is 10.3. The summed E-state index contributed by atoms with van der Waals surface area (Å²) in [6, 6.07) is 5.62. The van der Waals surface area contributed by atoms with Gasteiger partial charge in [-0.1, -0.05) is 0 Å². The monoisotopic (exact) mass is 365 g/mol. The van der Waals surface area contributed by atoms with Gasteiger partial charge < -0.3 is 14.5 Å². The molecule has 0 unspecified atom stereocenters. The van der Waals surface area contributed by atoms with Gasteiger partial charge in [0.25, 0.3) is 5.91 Å². The third-order valence-corrected chi connectivity index (χ3v) is 4.59. The molecule has 0 saturated carbocycles. The van der Waals surface area contributed by atoms with E-state index < -0.39 is 0 Å². The number of halogens is 1. The Balaban J connectivity index is 1.78. The maximum absolute atomic E-state index is 12.9. The second-order valence-corrected chi connectivity index (χ2v) is 6.32. The number of nitrogens with zero attached hydrogens (tertiary/aromatic N) is 3. The molecule has 2 amide bonds.